The molecular formula is C18H22N4O2. The predicted molar refractivity (Wildman–Crippen MR) is 92.4 cm³/mol. The van der Waals surface area contributed by atoms with Gasteiger partial charge in [0, 0.05) is 12.2 Å². The SMILES string of the molecule is CCN(CC)Cc1ccccc1NCc1nc(-c2ccco2)no1. The first-order valence-electron chi connectivity index (χ1n) is 8.20. The highest BCUT2D eigenvalue weighted by molar-refractivity contribution is 5.51. The lowest BCUT2D eigenvalue weighted by Crippen LogP contribution is -2.22. The minimum absolute atomic E-state index is 0.466. The number of rotatable bonds is 8. The van der Waals surface area contributed by atoms with Crippen molar-refractivity contribution >= 4 is 5.69 Å². The number of nitrogens with zero attached hydrogens (tertiary/aromatic N) is 3. The Kier molecular flexibility index (Phi) is 5.28. The minimum Gasteiger partial charge on any atom is -0.461 e. The molecule has 3 aromatic rings. The second-order valence-electron chi connectivity index (χ2n) is 5.46. The molecule has 6 nitrogen and oxygen atoms in total. The molecule has 0 amide bonds. The number of anilines is 1. The molecule has 0 fully saturated rings. The average molecular weight is 326 g/mol. The van der Waals surface area contributed by atoms with Crippen LogP contribution in [-0.4, -0.2) is 28.1 Å². The Hall–Kier alpha value is -2.60. The molecule has 0 saturated heterocycles. The van der Waals surface area contributed by atoms with E-state index in [1.165, 1.54) is 5.56 Å². The molecule has 0 atom stereocenters. The number of benzene rings is 1. The van der Waals surface area contributed by atoms with Gasteiger partial charge in [-0.25, -0.2) is 0 Å². The summed E-state index contributed by atoms with van der Waals surface area (Å²) in [5, 5.41) is 7.33. The van der Waals surface area contributed by atoms with E-state index in [1.54, 1.807) is 18.4 Å². The average Bonchev–Trinajstić information content (AvgIpc) is 3.29. The summed E-state index contributed by atoms with van der Waals surface area (Å²) < 4.78 is 10.6. The summed E-state index contributed by atoms with van der Waals surface area (Å²) in [7, 11) is 0. The van der Waals surface area contributed by atoms with Crippen LogP contribution in [0.4, 0.5) is 5.69 Å². The van der Waals surface area contributed by atoms with Gasteiger partial charge in [0.2, 0.25) is 11.7 Å². The van der Waals surface area contributed by atoms with E-state index in [0.29, 0.717) is 24.0 Å². The van der Waals surface area contributed by atoms with Crippen LogP contribution < -0.4 is 5.32 Å². The molecule has 0 spiro atoms. The molecule has 0 radical (unpaired) electrons. The summed E-state index contributed by atoms with van der Waals surface area (Å²) in [4.78, 5) is 6.72. The van der Waals surface area contributed by atoms with Gasteiger partial charge < -0.3 is 14.3 Å². The summed E-state index contributed by atoms with van der Waals surface area (Å²) >= 11 is 0. The van der Waals surface area contributed by atoms with Crippen molar-refractivity contribution in [2.45, 2.75) is 26.9 Å². The van der Waals surface area contributed by atoms with E-state index < -0.39 is 0 Å². The van der Waals surface area contributed by atoms with Gasteiger partial charge in [-0.3, -0.25) is 4.90 Å². The van der Waals surface area contributed by atoms with Crippen molar-refractivity contribution in [3.05, 3.63) is 54.1 Å². The van der Waals surface area contributed by atoms with E-state index in [9.17, 15) is 0 Å². The molecule has 2 heterocycles. The molecular weight excluding hydrogens is 304 g/mol. The Morgan fingerprint density at radius 2 is 1.92 bits per heavy atom. The number of hydrogen-bond donors (Lipinski definition) is 1. The van der Waals surface area contributed by atoms with Gasteiger partial charge in [-0.05, 0) is 36.9 Å². The Bertz CT molecular complexity index is 748. The van der Waals surface area contributed by atoms with Crippen molar-refractivity contribution in [1.82, 2.24) is 15.0 Å². The maximum atomic E-state index is 5.28. The molecule has 0 aliphatic rings. The molecule has 24 heavy (non-hydrogen) atoms. The first kappa shape index (κ1) is 16.3. The van der Waals surface area contributed by atoms with Crippen LogP contribution in [0.25, 0.3) is 11.6 Å². The lowest BCUT2D eigenvalue weighted by atomic mass is 10.1. The van der Waals surface area contributed by atoms with E-state index in [1.807, 2.05) is 6.07 Å². The molecule has 0 bridgehead atoms. The molecule has 0 aliphatic heterocycles. The maximum absolute atomic E-state index is 5.28. The Morgan fingerprint density at radius 1 is 1.08 bits per heavy atom. The molecule has 0 unspecified atom stereocenters. The molecule has 0 aliphatic carbocycles. The Labute approximate surface area is 141 Å². The van der Waals surface area contributed by atoms with Crippen molar-refractivity contribution in [1.29, 1.82) is 0 Å². The molecule has 3 rings (SSSR count). The van der Waals surface area contributed by atoms with Gasteiger partial charge in [-0.2, -0.15) is 4.98 Å². The lowest BCUT2D eigenvalue weighted by Gasteiger charge is -2.20. The van der Waals surface area contributed by atoms with Crippen LogP contribution in [0.3, 0.4) is 0 Å². The highest BCUT2D eigenvalue weighted by Gasteiger charge is 2.11. The number of para-hydroxylation sites is 1. The minimum atomic E-state index is 0.466. The van der Waals surface area contributed by atoms with Gasteiger partial charge >= 0.3 is 0 Å². The fraction of sp³-hybridized carbons (Fsp3) is 0.333. The second-order valence-corrected chi connectivity index (χ2v) is 5.46. The quantitative estimate of drug-likeness (QED) is 0.679. The summed E-state index contributed by atoms with van der Waals surface area (Å²) in [6.07, 6.45) is 1.59. The van der Waals surface area contributed by atoms with E-state index in [4.69, 9.17) is 8.94 Å². The van der Waals surface area contributed by atoms with Gasteiger partial charge in [-0.1, -0.05) is 37.2 Å². The number of furan rings is 1. The fourth-order valence-corrected chi connectivity index (χ4v) is 2.52. The van der Waals surface area contributed by atoms with Gasteiger partial charge in [0.05, 0.1) is 12.8 Å². The first-order chi connectivity index (χ1) is 11.8. The van der Waals surface area contributed by atoms with E-state index in [-0.39, 0.29) is 0 Å². The zero-order valence-corrected chi connectivity index (χ0v) is 14.0. The highest BCUT2D eigenvalue weighted by atomic mass is 16.5. The fourth-order valence-electron chi connectivity index (χ4n) is 2.52. The van der Waals surface area contributed by atoms with E-state index >= 15 is 0 Å². The summed E-state index contributed by atoms with van der Waals surface area (Å²) in [5.41, 5.74) is 2.34. The van der Waals surface area contributed by atoms with Crippen molar-refractivity contribution < 1.29 is 8.94 Å². The predicted octanol–water partition coefficient (Wildman–Crippen LogP) is 3.78. The third-order valence-corrected chi connectivity index (χ3v) is 3.95. The number of nitrogens with one attached hydrogen (secondary N) is 1. The summed E-state index contributed by atoms with van der Waals surface area (Å²) in [5.74, 6) is 1.60. The van der Waals surface area contributed by atoms with Gasteiger partial charge in [-0.15, -0.1) is 0 Å². The Morgan fingerprint density at radius 3 is 2.67 bits per heavy atom. The van der Waals surface area contributed by atoms with Crippen LogP contribution in [0.5, 0.6) is 0 Å². The van der Waals surface area contributed by atoms with Gasteiger partial charge in [0.25, 0.3) is 0 Å². The van der Waals surface area contributed by atoms with Crippen molar-refractivity contribution in [3.63, 3.8) is 0 Å². The number of aromatic nitrogens is 2. The summed E-state index contributed by atoms with van der Waals surface area (Å²) in [6.45, 7) is 7.80. The summed E-state index contributed by atoms with van der Waals surface area (Å²) in [6, 6.07) is 11.9. The third-order valence-electron chi connectivity index (χ3n) is 3.95. The smallest absolute Gasteiger partial charge is 0.246 e. The van der Waals surface area contributed by atoms with Crippen molar-refractivity contribution in [3.8, 4) is 11.6 Å². The molecule has 1 aromatic carbocycles. The normalized spacial score (nSPS) is 11.1. The molecule has 2 aromatic heterocycles. The van der Waals surface area contributed by atoms with Crippen LogP contribution in [0, 0.1) is 0 Å². The van der Waals surface area contributed by atoms with Crippen molar-refractivity contribution in [2.24, 2.45) is 0 Å². The molecule has 126 valence electrons. The highest BCUT2D eigenvalue weighted by Crippen LogP contribution is 2.19. The van der Waals surface area contributed by atoms with Crippen LogP contribution in [-0.2, 0) is 13.1 Å². The zero-order valence-electron chi connectivity index (χ0n) is 14.0. The zero-order chi connectivity index (χ0) is 16.8. The van der Waals surface area contributed by atoms with Gasteiger partial charge in [0.15, 0.2) is 5.76 Å². The number of hydrogen-bond acceptors (Lipinski definition) is 6. The second kappa shape index (κ2) is 7.79. The van der Waals surface area contributed by atoms with E-state index in [0.717, 1.165) is 25.3 Å². The maximum Gasteiger partial charge on any atom is 0.246 e. The molecule has 6 heteroatoms. The third kappa shape index (κ3) is 3.83. The largest absolute Gasteiger partial charge is 0.461 e. The topological polar surface area (TPSA) is 67.3 Å². The van der Waals surface area contributed by atoms with Gasteiger partial charge in [0.1, 0.15) is 0 Å². The van der Waals surface area contributed by atoms with Crippen LogP contribution >= 0.6 is 0 Å². The Balaban J connectivity index is 1.66. The molecule has 1 N–H and O–H groups in total. The monoisotopic (exact) mass is 326 g/mol. The van der Waals surface area contributed by atoms with E-state index in [2.05, 4.69) is 52.4 Å². The molecule has 0 saturated carbocycles. The standard InChI is InChI=1S/C18H22N4O2/c1-3-22(4-2)13-14-8-5-6-9-15(14)19-12-17-20-18(21-24-17)16-10-7-11-23-16/h5-11,19H,3-4,12-13H2,1-2H3. The first-order valence-corrected chi connectivity index (χ1v) is 8.20. The van der Waals surface area contributed by atoms with Crippen molar-refractivity contribution in [2.75, 3.05) is 18.4 Å². The lowest BCUT2D eigenvalue weighted by molar-refractivity contribution is 0.296. The van der Waals surface area contributed by atoms with Crippen LogP contribution in [0.1, 0.15) is 25.3 Å². The van der Waals surface area contributed by atoms with Crippen LogP contribution in [0.15, 0.2) is 51.6 Å². The van der Waals surface area contributed by atoms with Crippen LogP contribution in [0.2, 0.25) is 0 Å².